The van der Waals surface area contributed by atoms with Crippen molar-refractivity contribution >= 4 is 28.1 Å². The van der Waals surface area contributed by atoms with Gasteiger partial charge in [-0.2, -0.15) is 4.73 Å². The Morgan fingerprint density at radius 3 is 2.15 bits per heavy atom. The minimum Gasteiger partial charge on any atom is -0.457 e. The summed E-state index contributed by atoms with van der Waals surface area (Å²) in [6.07, 6.45) is 1.14. The molecule has 0 saturated heterocycles. The first-order valence-electron chi connectivity index (χ1n) is 7.35. The molecule has 3 aromatic rings. The lowest BCUT2D eigenvalue weighted by atomic mass is 10.3. The number of nitrogens with zero attached hydrogens (tertiary/aromatic N) is 1. The molecule has 0 aliphatic heterocycles. The van der Waals surface area contributed by atoms with Gasteiger partial charge in [-0.25, -0.2) is 0 Å². The van der Waals surface area contributed by atoms with Crippen LogP contribution in [0.1, 0.15) is 0 Å². The highest BCUT2D eigenvalue weighted by Gasteiger charge is 2.18. The standard InChI is InChI=1S/C17H15ClN2O5S/c18-12-3-5-13(6-4-12)25-14-7-9-15(10-8-14)26(23,24)19-16-2-1-11-20(22)17(16)21/h1-11,19,22-24H. The van der Waals surface area contributed by atoms with Crippen LogP contribution in [0.3, 0.4) is 0 Å². The van der Waals surface area contributed by atoms with Gasteiger partial charge in [-0.15, -0.1) is 0 Å². The molecule has 0 fully saturated rings. The number of halogens is 1. The maximum absolute atomic E-state index is 11.8. The normalized spacial score (nSPS) is 11.8. The molecule has 26 heavy (non-hydrogen) atoms. The number of anilines is 1. The lowest BCUT2D eigenvalue weighted by Crippen LogP contribution is -2.22. The summed E-state index contributed by atoms with van der Waals surface area (Å²) in [5.74, 6) is 1.07. The number of nitrogens with one attached hydrogen (secondary N) is 1. The van der Waals surface area contributed by atoms with Crippen LogP contribution in [-0.4, -0.2) is 19.0 Å². The molecule has 2 aromatic carbocycles. The van der Waals surface area contributed by atoms with Crippen LogP contribution in [0.4, 0.5) is 5.69 Å². The second kappa shape index (κ2) is 7.30. The van der Waals surface area contributed by atoms with E-state index >= 15 is 0 Å². The van der Waals surface area contributed by atoms with Crippen LogP contribution in [0.5, 0.6) is 11.5 Å². The summed E-state index contributed by atoms with van der Waals surface area (Å²) in [5, 5.41) is 9.94. The van der Waals surface area contributed by atoms with Crippen molar-refractivity contribution in [2.75, 3.05) is 4.72 Å². The molecule has 0 aliphatic rings. The van der Waals surface area contributed by atoms with E-state index in [2.05, 4.69) is 4.72 Å². The summed E-state index contributed by atoms with van der Waals surface area (Å²) in [6, 6.07) is 15.6. The molecule has 0 spiro atoms. The van der Waals surface area contributed by atoms with Crippen LogP contribution in [0.25, 0.3) is 0 Å². The maximum Gasteiger partial charge on any atom is 0.307 e. The predicted molar refractivity (Wildman–Crippen MR) is 101 cm³/mol. The summed E-state index contributed by atoms with van der Waals surface area (Å²) in [4.78, 5) is 11.9. The highest BCUT2D eigenvalue weighted by atomic mass is 35.5. The van der Waals surface area contributed by atoms with Crippen molar-refractivity contribution in [1.82, 2.24) is 4.73 Å². The van der Waals surface area contributed by atoms with E-state index in [1.165, 1.54) is 24.3 Å². The molecule has 0 unspecified atom stereocenters. The average molecular weight is 395 g/mol. The minimum absolute atomic E-state index is 0.142. The number of ether oxygens (including phenoxy) is 1. The zero-order chi connectivity index (χ0) is 18.7. The van der Waals surface area contributed by atoms with Crippen LogP contribution in [0, 0.1) is 0 Å². The van der Waals surface area contributed by atoms with Crippen molar-refractivity contribution in [3.8, 4) is 11.5 Å². The smallest absolute Gasteiger partial charge is 0.307 e. The predicted octanol–water partition coefficient (Wildman–Crippen LogP) is 4.67. The molecule has 0 amide bonds. The third kappa shape index (κ3) is 4.12. The third-order valence-electron chi connectivity index (χ3n) is 3.38. The molecule has 3 rings (SSSR count). The van der Waals surface area contributed by atoms with Gasteiger partial charge >= 0.3 is 5.56 Å². The summed E-state index contributed by atoms with van der Waals surface area (Å²) in [6.45, 7) is 0. The Balaban J connectivity index is 1.77. The molecule has 136 valence electrons. The SMILES string of the molecule is O=c1c(NS(O)(O)c2ccc(Oc3ccc(Cl)cc3)cc2)cccn1O. The molecule has 4 N–H and O–H groups in total. The summed E-state index contributed by atoms with van der Waals surface area (Å²) in [7, 11) is -3.50. The van der Waals surface area contributed by atoms with Gasteiger partial charge in [-0.1, -0.05) is 22.4 Å². The number of aromatic nitrogens is 1. The Morgan fingerprint density at radius 2 is 1.54 bits per heavy atom. The van der Waals surface area contributed by atoms with E-state index in [0.717, 1.165) is 6.20 Å². The van der Waals surface area contributed by atoms with Crippen LogP contribution in [0.2, 0.25) is 5.02 Å². The number of benzene rings is 2. The quantitative estimate of drug-likeness (QED) is 0.469. The van der Waals surface area contributed by atoms with Crippen LogP contribution >= 0.6 is 22.4 Å². The number of rotatable bonds is 5. The Morgan fingerprint density at radius 1 is 0.962 bits per heavy atom. The number of pyridine rings is 1. The molecule has 0 saturated carbocycles. The molecule has 1 aromatic heterocycles. The molecule has 0 atom stereocenters. The fourth-order valence-corrected chi connectivity index (χ4v) is 3.33. The van der Waals surface area contributed by atoms with E-state index in [9.17, 15) is 19.1 Å². The Bertz CT molecular complexity index is 958. The van der Waals surface area contributed by atoms with Gasteiger partial charge in [0, 0.05) is 11.2 Å². The second-order valence-corrected chi connectivity index (χ2v) is 7.46. The minimum atomic E-state index is -3.50. The first-order chi connectivity index (χ1) is 12.3. The molecule has 0 bridgehead atoms. The maximum atomic E-state index is 11.8. The Kier molecular flexibility index (Phi) is 5.10. The van der Waals surface area contributed by atoms with Gasteiger partial charge in [0.15, 0.2) is 0 Å². The van der Waals surface area contributed by atoms with E-state index in [0.29, 0.717) is 21.3 Å². The van der Waals surface area contributed by atoms with Gasteiger partial charge in [0.05, 0.1) is 4.90 Å². The fraction of sp³-hybridized carbons (Fsp3) is 0. The van der Waals surface area contributed by atoms with E-state index in [1.807, 2.05) is 0 Å². The highest BCUT2D eigenvalue weighted by Crippen LogP contribution is 2.47. The first kappa shape index (κ1) is 18.2. The largest absolute Gasteiger partial charge is 0.457 e. The summed E-state index contributed by atoms with van der Waals surface area (Å²) < 4.78 is 29.0. The molecular formula is C17H15ClN2O5S. The van der Waals surface area contributed by atoms with Crippen molar-refractivity contribution in [2.45, 2.75) is 4.90 Å². The lowest BCUT2D eigenvalue weighted by Gasteiger charge is -2.33. The zero-order valence-corrected chi connectivity index (χ0v) is 14.8. The van der Waals surface area contributed by atoms with E-state index < -0.39 is 16.3 Å². The topological polar surface area (TPSA) is 104 Å². The molecule has 0 radical (unpaired) electrons. The van der Waals surface area contributed by atoms with Crippen LogP contribution < -0.4 is 15.0 Å². The van der Waals surface area contributed by atoms with Gasteiger partial charge < -0.3 is 9.94 Å². The Hall–Kier alpha value is -2.65. The van der Waals surface area contributed by atoms with E-state index in [4.69, 9.17) is 16.3 Å². The summed E-state index contributed by atoms with van der Waals surface area (Å²) >= 11 is 5.82. The molecule has 1 heterocycles. The van der Waals surface area contributed by atoms with Crippen molar-refractivity contribution in [2.24, 2.45) is 0 Å². The number of hydrogen-bond acceptors (Lipinski definition) is 6. The van der Waals surface area contributed by atoms with Gasteiger partial charge in [0.25, 0.3) is 0 Å². The molecule has 7 nitrogen and oxygen atoms in total. The number of hydrogen-bond donors (Lipinski definition) is 4. The summed E-state index contributed by atoms with van der Waals surface area (Å²) in [5.41, 5.74) is -0.938. The molecule has 9 heteroatoms. The van der Waals surface area contributed by atoms with E-state index in [-0.39, 0.29) is 10.6 Å². The fourth-order valence-electron chi connectivity index (χ4n) is 2.11. The second-order valence-electron chi connectivity index (χ2n) is 5.25. The van der Waals surface area contributed by atoms with Crippen molar-refractivity contribution < 1.29 is 19.0 Å². The first-order valence-corrected chi connectivity index (χ1v) is 9.28. The van der Waals surface area contributed by atoms with Crippen molar-refractivity contribution in [3.63, 3.8) is 0 Å². The Labute approximate surface area is 155 Å². The van der Waals surface area contributed by atoms with Gasteiger partial charge in [-0.3, -0.25) is 18.6 Å². The zero-order valence-electron chi connectivity index (χ0n) is 13.2. The van der Waals surface area contributed by atoms with Gasteiger partial charge in [0.1, 0.15) is 17.2 Å². The lowest BCUT2D eigenvalue weighted by molar-refractivity contribution is 0.175. The van der Waals surface area contributed by atoms with Crippen LogP contribution in [-0.2, 0) is 0 Å². The monoisotopic (exact) mass is 394 g/mol. The van der Waals surface area contributed by atoms with Crippen LogP contribution in [0.15, 0.2) is 76.6 Å². The highest BCUT2D eigenvalue weighted by molar-refractivity contribution is 8.25. The van der Waals surface area contributed by atoms with Crippen molar-refractivity contribution in [3.05, 3.63) is 82.2 Å². The molecular weight excluding hydrogens is 380 g/mol. The van der Waals surface area contributed by atoms with E-state index in [1.54, 1.807) is 36.4 Å². The molecule has 0 aliphatic carbocycles. The average Bonchev–Trinajstić information content (AvgIpc) is 2.61. The third-order valence-corrected chi connectivity index (χ3v) is 5.07. The van der Waals surface area contributed by atoms with Crippen molar-refractivity contribution in [1.29, 1.82) is 0 Å². The van der Waals surface area contributed by atoms with Gasteiger partial charge in [0.2, 0.25) is 0 Å². The van der Waals surface area contributed by atoms with Gasteiger partial charge in [-0.05, 0) is 60.7 Å².